The van der Waals surface area contributed by atoms with Gasteiger partial charge in [0.05, 0.1) is 10.0 Å². The Labute approximate surface area is 152 Å². The molecule has 9 nitrogen and oxygen atoms in total. The lowest BCUT2D eigenvalue weighted by molar-refractivity contribution is -0.139. The fourth-order valence-corrected chi connectivity index (χ4v) is 3.92. The molecule has 1 rings (SSSR count). The molecule has 0 aliphatic heterocycles. The van der Waals surface area contributed by atoms with Gasteiger partial charge >= 0.3 is 11.9 Å². The van der Waals surface area contributed by atoms with Crippen LogP contribution in [0.5, 0.6) is 5.75 Å². The lowest BCUT2D eigenvalue weighted by Gasteiger charge is -2.20. The van der Waals surface area contributed by atoms with Crippen molar-refractivity contribution < 1.29 is 39.1 Å². The van der Waals surface area contributed by atoms with Gasteiger partial charge in [-0.25, -0.2) is 4.79 Å². The zero-order chi connectivity index (χ0) is 19.4. The second-order valence-electron chi connectivity index (χ2n) is 5.08. The number of hydrogen-bond donors (Lipinski definition) is 5. The second-order valence-corrected chi connectivity index (χ2v) is 8.34. The smallest absolute Gasteiger partial charge is 0.341 e. The Morgan fingerprint density at radius 2 is 1.76 bits per heavy atom. The highest BCUT2D eigenvalue weighted by molar-refractivity contribution is 7.58. The maximum absolute atomic E-state index is 12.2. The van der Waals surface area contributed by atoms with Gasteiger partial charge in [-0.1, -0.05) is 23.2 Å². The van der Waals surface area contributed by atoms with Crippen molar-refractivity contribution in [2.45, 2.75) is 18.3 Å². The highest BCUT2D eigenvalue weighted by Gasteiger charge is 2.32. The van der Waals surface area contributed by atoms with Gasteiger partial charge in [0.1, 0.15) is 6.04 Å². The van der Waals surface area contributed by atoms with Crippen LogP contribution < -0.4 is 10.5 Å². The van der Waals surface area contributed by atoms with Gasteiger partial charge in [0.2, 0.25) is 7.37 Å². The van der Waals surface area contributed by atoms with Gasteiger partial charge in [0, 0.05) is 6.16 Å². The van der Waals surface area contributed by atoms with E-state index in [-0.39, 0.29) is 27.8 Å². The van der Waals surface area contributed by atoms with Crippen molar-refractivity contribution in [3.63, 3.8) is 0 Å². The van der Waals surface area contributed by atoms with Gasteiger partial charge in [-0.05, 0) is 24.1 Å². The topological polar surface area (TPSA) is 167 Å². The van der Waals surface area contributed by atoms with Crippen LogP contribution in [0.4, 0.5) is 0 Å². The van der Waals surface area contributed by atoms with Gasteiger partial charge in [0.15, 0.2) is 18.2 Å². The van der Waals surface area contributed by atoms with Crippen LogP contribution in [-0.4, -0.2) is 51.0 Å². The average Bonchev–Trinajstić information content (AvgIpc) is 2.50. The number of carboxylic acids is 2. The minimum atomic E-state index is -4.22. The number of hydrogen-bond acceptors (Lipinski definition) is 6. The number of ether oxygens (including phenoxy) is 1. The number of nitrogens with two attached hydrogens (primary N) is 1. The summed E-state index contributed by atoms with van der Waals surface area (Å²) >= 11 is 11.8. The maximum atomic E-state index is 12.2. The first-order valence-corrected chi connectivity index (χ1v) is 9.44. The van der Waals surface area contributed by atoms with E-state index in [0.29, 0.717) is 0 Å². The molecule has 3 atom stereocenters. The number of halogens is 2. The fourth-order valence-electron chi connectivity index (χ4n) is 1.80. The molecule has 12 heteroatoms. The summed E-state index contributed by atoms with van der Waals surface area (Å²) in [4.78, 5) is 31.1. The Bertz CT molecular complexity index is 690. The zero-order valence-electron chi connectivity index (χ0n) is 12.6. The predicted octanol–water partition coefficient (Wildman–Crippen LogP) is 1.52. The first-order chi connectivity index (χ1) is 11.5. The number of carboxylic acid groups (broad SMARTS) is 2. The van der Waals surface area contributed by atoms with Crippen LogP contribution in [0.2, 0.25) is 10.0 Å². The second kappa shape index (κ2) is 8.84. The standard InChI is InChI=1S/C13H16Cl2NO8P/c14-7-3-6(4-8(15)11(7)24-5-10(17)18)13(21)25(22,23)2-1-9(16)12(19)20/h3-4,9,13,21H,1-2,5,16H2,(H,17,18)(H,19,20)(H,22,23)/t9-,13?/m0/s1. The van der Waals surface area contributed by atoms with Crippen LogP contribution >= 0.6 is 30.6 Å². The molecule has 0 amide bonds. The number of benzene rings is 1. The maximum Gasteiger partial charge on any atom is 0.341 e. The molecule has 0 saturated carbocycles. The van der Waals surface area contributed by atoms with Crippen LogP contribution in [0, 0.1) is 0 Å². The Morgan fingerprint density at radius 1 is 1.24 bits per heavy atom. The quantitative estimate of drug-likeness (QED) is 0.375. The molecule has 6 N–H and O–H groups in total. The Balaban J connectivity index is 2.97. The SMILES string of the molecule is N[C@@H](CCP(=O)(O)C(O)c1cc(Cl)c(OCC(=O)O)c(Cl)c1)C(=O)O. The predicted molar refractivity (Wildman–Crippen MR) is 89.5 cm³/mol. The first kappa shape index (κ1) is 21.7. The summed E-state index contributed by atoms with van der Waals surface area (Å²) in [6.45, 7) is -0.701. The molecular weight excluding hydrogens is 400 g/mol. The molecule has 0 saturated heterocycles. The zero-order valence-corrected chi connectivity index (χ0v) is 15.0. The van der Waals surface area contributed by atoms with E-state index in [9.17, 15) is 24.2 Å². The van der Waals surface area contributed by atoms with Crippen molar-refractivity contribution in [3.8, 4) is 5.75 Å². The molecule has 0 heterocycles. The number of aliphatic carboxylic acids is 2. The summed E-state index contributed by atoms with van der Waals surface area (Å²) in [6.07, 6.45) is -0.852. The summed E-state index contributed by atoms with van der Waals surface area (Å²) in [6, 6.07) is 0.872. The molecule has 1 aromatic rings. The first-order valence-electron chi connectivity index (χ1n) is 6.77. The van der Waals surface area contributed by atoms with Crippen LogP contribution in [-0.2, 0) is 14.2 Å². The van der Waals surface area contributed by atoms with Gasteiger partial charge in [-0.15, -0.1) is 0 Å². The van der Waals surface area contributed by atoms with Crippen LogP contribution in [0.1, 0.15) is 17.8 Å². The van der Waals surface area contributed by atoms with Crippen LogP contribution in [0.3, 0.4) is 0 Å². The van der Waals surface area contributed by atoms with E-state index in [0.717, 1.165) is 12.1 Å². The average molecular weight is 416 g/mol. The summed E-state index contributed by atoms with van der Waals surface area (Å²) in [5, 5.41) is 27.0. The van der Waals surface area contributed by atoms with Crippen molar-refractivity contribution in [3.05, 3.63) is 27.7 Å². The summed E-state index contributed by atoms with van der Waals surface area (Å²) in [5.41, 5.74) is 5.16. The van der Waals surface area contributed by atoms with Crippen molar-refractivity contribution in [1.29, 1.82) is 0 Å². The molecule has 0 spiro atoms. The molecule has 1 aromatic carbocycles. The highest BCUT2D eigenvalue weighted by atomic mass is 35.5. The Morgan fingerprint density at radius 3 is 2.20 bits per heavy atom. The number of aliphatic hydroxyl groups is 1. The lowest BCUT2D eigenvalue weighted by Crippen LogP contribution is -2.31. The van der Waals surface area contributed by atoms with Gasteiger partial charge in [-0.3, -0.25) is 9.36 Å². The van der Waals surface area contributed by atoms with E-state index in [1.165, 1.54) is 0 Å². The third-order valence-electron chi connectivity index (χ3n) is 3.12. The monoisotopic (exact) mass is 415 g/mol. The lowest BCUT2D eigenvalue weighted by atomic mass is 10.2. The van der Waals surface area contributed by atoms with E-state index in [2.05, 4.69) is 0 Å². The minimum Gasteiger partial charge on any atom is -0.480 e. The molecular formula is C13H16Cl2NO8P. The largest absolute Gasteiger partial charge is 0.480 e. The molecule has 0 aliphatic carbocycles. The summed E-state index contributed by atoms with van der Waals surface area (Å²) < 4.78 is 17.1. The number of carbonyl (C=O) groups is 2. The number of aliphatic hydroxyl groups excluding tert-OH is 1. The fraction of sp³-hybridized carbons (Fsp3) is 0.385. The van der Waals surface area contributed by atoms with Crippen molar-refractivity contribution in [2.75, 3.05) is 12.8 Å². The summed E-state index contributed by atoms with van der Waals surface area (Å²) in [7, 11) is -4.22. The van der Waals surface area contributed by atoms with E-state index >= 15 is 0 Å². The highest BCUT2D eigenvalue weighted by Crippen LogP contribution is 2.55. The molecule has 140 valence electrons. The van der Waals surface area contributed by atoms with E-state index in [1.54, 1.807) is 0 Å². The third-order valence-corrected chi connectivity index (χ3v) is 5.64. The van der Waals surface area contributed by atoms with Crippen molar-refractivity contribution >= 4 is 42.5 Å². The van der Waals surface area contributed by atoms with Crippen LogP contribution in [0.25, 0.3) is 0 Å². The Hall–Kier alpha value is -1.35. The Kier molecular flexibility index (Phi) is 7.67. The molecule has 25 heavy (non-hydrogen) atoms. The van der Waals surface area contributed by atoms with E-state index in [4.69, 9.17) is 43.9 Å². The third kappa shape index (κ3) is 6.14. The molecule has 0 radical (unpaired) electrons. The molecule has 0 fully saturated rings. The minimum absolute atomic E-state index is 0.104. The van der Waals surface area contributed by atoms with Gasteiger partial charge < -0.3 is 30.7 Å². The van der Waals surface area contributed by atoms with Crippen LogP contribution in [0.15, 0.2) is 12.1 Å². The number of rotatable bonds is 9. The molecule has 0 bridgehead atoms. The van der Waals surface area contributed by atoms with Crippen molar-refractivity contribution in [2.24, 2.45) is 5.73 Å². The summed E-state index contributed by atoms with van der Waals surface area (Å²) in [5.74, 6) is -4.62. The van der Waals surface area contributed by atoms with E-state index < -0.39 is 44.0 Å². The molecule has 0 aliphatic rings. The van der Waals surface area contributed by atoms with Crippen molar-refractivity contribution in [1.82, 2.24) is 0 Å². The van der Waals surface area contributed by atoms with E-state index in [1.807, 2.05) is 0 Å². The van der Waals surface area contributed by atoms with Gasteiger partial charge in [0.25, 0.3) is 0 Å². The molecule has 0 aromatic heterocycles. The van der Waals surface area contributed by atoms with Gasteiger partial charge in [-0.2, -0.15) is 0 Å². The normalized spacial score (nSPS) is 15.9. The molecule has 2 unspecified atom stereocenters.